The normalized spacial score (nSPS) is 10.1. The fraction of sp³-hybridized carbons (Fsp3) is 0.250. The van der Waals surface area contributed by atoms with E-state index in [-0.39, 0.29) is 12.3 Å². The third-order valence-electron chi connectivity index (χ3n) is 2.56. The molecule has 0 saturated carbocycles. The highest BCUT2D eigenvalue weighted by Gasteiger charge is 2.15. The molecule has 0 fully saturated rings. The van der Waals surface area contributed by atoms with Gasteiger partial charge < -0.3 is 9.84 Å². The number of nitrogens with zero attached hydrogens (tertiary/aromatic N) is 2. The second kappa shape index (κ2) is 5.02. The van der Waals surface area contributed by atoms with E-state index in [0.29, 0.717) is 22.0 Å². The van der Waals surface area contributed by atoms with E-state index in [4.69, 9.17) is 9.78 Å². The number of carbonyl (C=O) groups excluding carboxylic acids is 1. The number of amides is 1. The Hall–Kier alpha value is -2.13. The number of rotatable bonds is 3. The molecule has 1 N–H and O–H groups in total. The predicted octanol–water partition coefficient (Wildman–Crippen LogP) is 2.41. The Balaban J connectivity index is 2.09. The zero-order chi connectivity index (χ0) is 13.1. The van der Waals surface area contributed by atoms with Crippen molar-refractivity contribution in [3.63, 3.8) is 0 Å². The maximum Gasteiger partial charge on any atom is 0.229 e. The summed E-state index contributed by atoms with van der Waals surface area (Å²) in [5.41, 5.74) is 1.99. The maximum atomic E-state index is 11.9. The van der Waals surface area contributed by atoms with Crippen molar-refractivity contribution >= 4 is 22.2 Å². The van der Waals surface area contributed by atoms with Crippen LogP contribution in [0.2, 0.25) is 0 Å². The average Bonchev–Trinajstić information content (AvgIpc) is 2.90. The number of anilines is 1. The van der Waals surface area contributed by atoms with Gasteiger partial charge in [-0.15, -0.1) is 11.3 Å². The third kappa shape index (κ3) is 2.41. The first-order chi connectivity index (χ1) is 8.61. The van der Waals surface area contributed by atoms with Crippen molar-refractivity contribution in [2.75, 3.05) is 5.32 Å². The van der Waals surface area contributed by atoms with Gasteiger partial charge in [0.15, 0.2) is 0 Å². The van der Waals surface area contributed by atoms with E-state index in [1.54, 1.807) is 25.3 Å². The molecule has 0 radical (unpaired) electrons. The lowest BCUT2D eigenvalue weighted by atomic mass is 10.1. The van der Waals surface area contributed by atoms with E-state index in [2.05, 4.69) is 10.5 Å². The minimum Gasteiger partial charge on any atom is -0.361 e. The molecule has 2 aromatic rings. The SMILES string of the molecule is Cc1noc(C)c1CC(=O)Nc1sccc1C#N. The molecule has 2 aromatic heterocycles. The Labute approximate surface area is 108 Å². The van der Waals surface area contributed by atoms with Gasteiger partial charge in [-0.2, -0.15) is 5.26 Å². The summed E-state index contributed by atoms with van der Waals surface area (Å²) in [6.45, 7) is 3.57. The summed E-state index contributed by atoms with van der Waals surface area (Å²) in [4.78, 5) is 11.9. The second-order valence-electron chi connectivity index (χ2n) is 3.80. The number of aryl methyl sites for hydroxylation is 2. The molecule has 2 rings (SSSR count). The molecule has 5 nitrogen and oxygen atoms in total. The van der Waals surface area contributed by atoms with Crippen molar-refractivity contribution in [3.8, 4) is 6.07 Å². The Morgan fingerprint density at radius 2 is 2.39 bits per heavy atom. The number of carbonyl (C=O) groups is 1. The minimum atomic E-state index is -0.177. The second-order valence-corrected chi connectivity index (χ2v) is 4.72. The Kier molecular flexibility index (Phi) is 3.44. The minimum absolute atomic E-state index is 0.177. The summed E-state index contributed by atoms with van der Waals surface area (Å²) < 4.78 is 5.00. The average molecular weight is 261 g/mol. The standard InChI is InChI=1S/C12H11N3O2S/c1-7-10(8(2)17-15-7)5-11(16)14-12-9(6-13)3-4-18-12/h3-4H,5H2,1-2H3,(H,14,16). The molecule has 0 aliphatic carbocycles. The molecule has 0 aliphatic rings. The molecule has 0 aliphatic heterocycles. The van der Waals surface area contributed by atoms with E-state index < -0.39 is 0 Å². The summed E-state index contributed by atoms with van der Waals surface area (Å²) in [6, 6.07) is 3.70. The third-order valence-corrected chi connectivity index (χ3v) is 3.39. The van der Waals surface area contributed by atoms with Crippen molar-refractivity contribution in [1.82, 2.24) is 5.16 Å². The molecule has 18 heavy (non-hydrogen) atoms. The topological polar surface area (TPSA) is 78.9 Å². The van der Waals surface area contributed by atoms with E-state index in [0.717, 1.165) is 5.56 Å². The number of aromatic nitrogens is 1. The van der Waals surface area contributed by atoms with Gasteiger partial charge in [-0.1, -0.05) is 5.16 Å². The van der Waals surface area contributed by atoms with E-state index in [1.807, 2.05) is 6.07 Å². The first-order valence-electron chi connectivity index (χ1n) is 5.31. The summed E-state index contributed by atoms with van der Waals surface area (Å²) in [6.07, 6.45) is 0.198. The van der Waals surface area contributed by atoms with Gasteiger partial charge in [0.1, 0.15) is 16.8 Å². The molecular weight excluding hydrogens is 250 g/mol. The molecule has 2 heterocycles. The van der Waals surface area contributed by atoms with E-state index in [1.165, 1.54) is 11.3 Å². The Bertz CT molecular complexity index is 602. The van der Waals surface area contributed by atoms with Crippen molar-refractivity contribution < 1.29 is 9.32 Å². The van der Waals surface area contributed by atoms with Crippen LogP contribution in [0.5, 0.6) is 0 Å². The number of thiophene rings is 1. The first kappa shape index (κ1) is 12.3. The number of nitriles is 1. The number of hydrogen-bond donors (Lipinski definition) is 1. The Morgan fingerprint density at radius 3 is 3.00 bits per heavy atom. The quantitative estimate of drug-likeness (QED) is 0.920. The molecule has 6 heteroatoms. The predicted molar refractivity (Wildman–Crippen MR) is 67.3 cm³/mol. The molecule has 0 atom stereocenters. The van der Waals surface area contributed by atoms with E-state index in [9.17, 15) is 4.79 Å². The van der Waals surface area contributed by atoms with Crippen LogP contribution in [0, 0.1) is 25.2 Å². The van der Waals surface area contributed by atoms with Gasteiger partial charge in [0.2, 0.25) is 5.91 Å². The molecule has 1 amide bonds. The van der Waals surface area contributed by atoms with Crippen LogP contribution in [0.3, 0.4) is 0 Å². The zero-order valence-corrected chi connectivity index (χ0v) is 10.8. The number of hydrogen-bond acceptors (Lipinski definition) is 5. The van der Waals surface area contributed by atoms with Crippen molar-refractivity contribution in [2.24, 2.45) is 0 Å². The van der Waals surface area contributed by atoms with Crippen LogP contribution in [-0.2, 0) is 11.2 Å². The molecule has 92 valence electrons. The highest BCUT2D eigenvalue weighted by molar-refractivity contribution is 7.14. The lowest BCUT2D eigenvalue weighted by Gasteiger charge is -2.02. The fourth-order valence-corrected chi connectivity index (χ4v) is 2.33. The van der Waals surface area contributed by atoms with E-state index >= 15 is 0 Å². The van der Waals surface area contributed by atoms with Crippen LogP contribution < -0.4 is 5.32 Å². The van der Waals surface area contributed by atoms with Crippen LogP contribution in [0.25, 0.3) is 0 Å². The molecule has 0 unspecified atom stereocenters. The molecule has 0 aromatic carbocycles. The van der Waals surface area contributed by atoms with Crippen molar-refractivity contribution in [3.05, 3.63) is 34.0 Å². The van der Waals surface area contributed by atoms with Crippen LogP contribution in [-0.4, -0.2) is 11.1 Å². The fourth-order valence-electron chi connectivity index (χ4n) is 1.58. The molecular formula is C12H11N3O2S. The highest BCUT2D eigenvalue weighted by atomic mass is 32.1. The first-order valence-corrected chi connectivity index (χ1v) is 6.19. The monoisotopic (exact) mass is 261 g/mol. The van der Waals surface area contributed by atoms with Gasteiger partial charge in [-0.25, -0.2) is 0 Å². The smallest absolute Gasteiger partial charge is 0.229 e. The van der Waals surface area contributed by atoms with Gasteiger partial charge in [0.25, 0.3) is 0 Å². The largest absolute Gasteiger partial charge is 0.361 e. The summed E-state index contributed by atoms with van der Waals surface area (Å²) >= 11 is 1.33. The lowest BCUT2D eigenvalue weighted by molar-refractivity contribution is -0.115. The molecule has 0 bridgehead atoms. The van der Waals surface area contributed by atoms with Gasteiger partial charge in [-0.05, 0) is 25.3 Å². The van der Waals surface area contributed by atoms with Gasteiger partial charge in [0.05, 0.1) is 17.7 Å². The Morgan fingerprint density at radius 1 is 1.61 bits per heavy atom. The van der Waals surface area contributed by atoms with Crippen molar-refractivity contribution in [2.45, 2.75) is 20.3 Å². The highest BCUT2D eigenvalue weighted by Crippen LogP contribution is 2.22. The van der Waals surface area contributed by atoms with Crippen LogP contribution in [0.4, 0.5) is 5.00 Å². The van der Waals surface area contributed by atoms with Gasteiger partial charge in [-0.3, -0.25) is 4.79 Å². The van der Waals surface area contributed by atoms with Gasteiger partial charge >= 0.3 is 0 Å². The zero-order valence-electron chi connectivity index (χ0n) is 9.98. The van der Waals surface area contributed by atoms with Crippen LogP contribution in [0.1, 0.15) is 22.6 Å². The van der Waals surface area contributed by atoms with Crippen LogP contribution >= 0.6 is 11.3 Å². The molecule has 0 spiro atoms. The van der Waals surface area contributed by atoms with Gasteiger partial charge in [0, 0.05) is 5.56 Å². The lowest BCUT2D eigenvalue weighted by Crippen LogP contribution is -2.15. The summed E-state index contributed by atoms with van der Waals surface area (Å²) in [5.74, 6) is 0.470. The summed E-state index contributed by atoms with van der Waals surface area (Å²) in [7, 11) is 0. The molecule has 0 saturated heterocycles. The van der Waals surface area contributed by atoms with Crippen LogP contribution in [0.15, 0.2) is 16.0 Å². The van der Waals surface area contributed by atoms with Crippen molar-refractivity contribution in [1.29, 1.82) is 5.26 Å². The summed E-state index contributed by atoms with van der Waals surface area (Å²) in [5, 5.41) is 17.7. The number of nitrogens with one attached hydrogen (secondary N) is 1. The maximum absolute atomic E-state index is 11.9.